The summed E-state index contributed by atoms with van der Waals surface area (Å²) in [7, 11) is 0. The minimum atomic E-state index is -1.04. The summed E-state index contributed by atoms with van der Waals surface area (Å²) >= 11 is 0. The van der Waals surface area contributed by atoms with E-state index in [1.54, 1.807) is 0 Å². The first kappa shape index (κ1) is 18.0. The highest BCUT2D eigenvalue weighted by Crippen LogP contribution is 2.31. The number of carboxylic acid groups (broad SMARTS) is 1. The third-order valence-electron chi connectivity index (χ3n) is 4.58. The highest BCUT2D eigenvalue weighted by molar-refractivity contribution is 5.71. The fraction of sp³-hybridized carbons (Fsp3) is 0.500. The summed E-state index contributed by atoms with van der Waals surface area (Å²) in [4.78, 5) is 32.3. The molecule has 3 rings (SSSR count). The maximum Gasteiger partial charge on any atom is 0.328 e. The number of nitrogens with zero attached hydrogens (tertiary/aromatic N) is 4. The Morgan fingerprint density at radius 3 is 2.50 bits per heavy atom. The molecule has 2 aromatic heterocycles. The van der Waals surface area contributed by atoms with Gasteiger partial charge >= 0.3 is 12.0 Å². The minimum absolute atomic E-state index is 0.127. The summed E-state index contributed by atoms with van der Waals surface area (Å²) in [6, 6.07) is 2.20. The van der Waals surface area contributed by atoms with Gasteiger partial charge in [0.15, 0.2) is 11.8 Å². The van der Waals surface area contributed by atoms with E-state index in [2.05, 4.69) is 15.1 Å². The van der Waals surface area contributed by atoms with Crippen LogP contribution in [-0.4, -0.2) is 30.8 Å². The van der Waals surface area contributed by atoms with Crippen molar-refractivity contribution in [3.8, 4) is 11.8 Å². The van der Waals surface area contributed by atoms with Gasteiger partial charge in [-0.1, -0.05) is 25.7 Å². The number of rotatable bonds is 6. The molecule has 1 unspecified atom stereocenters. The molecule has 0 bridgehead atoms. The fourth-order valence-corrected chi connectivity index (χ4v) is 3.40. The largest absolute Gasteiger partial charge is 0.480 e. The lowest BCUT2D eigenvalue weighted by Crippen LogP contribution is -2.32. The molecule has 26 heavy (non-hydrogen) atoms. The Hall–Kier alpha value is -2.77. The van der Waals surface area contributed by atoms with Crippen LogP contribution in [0.5, 0.6) is 11.8 Å². The summed E-state index contributed by atoms with van der Waals surface area (Å²) in [5, 5.41) is 13.6. The van der Waals surface area contributed by atoms with E-state index in [0.717, 1.165) is 41.8 Å². The molecule has 0 aliphatic heterocycles. The van der Waals surface area contributed by atoms with E-state index >= 15 is 0 Å². The Labute approximate surface area is 150 Å². The van der Waals surface area contributed by atoms with Crippen molar-refractivity contribution in [1.82, 2.24) is 19.7 Å². The Balaban J connectivity index is 1.81. The van der Waals surface area contributed by atoms with Crippen LogP contribution in [0.25, 0.3) is 0 Å². The smallest absolute Gasteiger partial charge is 0.328 e. The molecular formula is C18H22N4O4. The average Bonchev–Trinajstić information content (AvgIpc) is 3.05. The standard InChI is InChI=1S/C18H22N4O4/c1-11-7-12(2)21-18(20-11)26-14-9-16(23)22(19-10-14)15(17(24)25)8-13-5-3-4-6-13/h7,9-10,13,15H,3-6,8H2,1-2H3,(H,24,25). The van der Waals surface area contributed by atoms with Crippen LogP contribution in [0.1, 0.15) is 49.5 Å². The Morgan fingerprint density at radius 1 is 1.27 bits per heavy atom. The minimum Gasteiger partial charge on any atom is -0.480 e. The SMILES string of the molecule is Cc1cc(C)nc(Oc2cnn(C(CC3CCCC3)C(=O)O)c(=O)c2)n1. The van der Waals surface area contributed by atoms with Crippen molar-refractivity contribution in [2.45, 2.75) is 52.0 Å². The zero-order valence-corrected chi connectivity index (χ0v) is 14.9. The van der Waals surface area contributed by atoms with Crippen LogP contribution >= 0.6 is 0 Å². The van der Waals surface area contributed by atoms with E-state index < -0.39 is 17.6 Å². The molecule has 8 nitrogen and oxygen atoms in total. The summed E-state index contributed by atoms with van der Waals surface area (Å²) in [6.07, 6.45) is 5.98. The second-order valence-corrected chi connectivity index (χ2v) is 6.75. The molecule has 0 radical (unpaired) electrons. The average molecular weight is 358 g/mol. The molecule has 0 aromatic carbocycles. The van der Waals surface area contributed by atoms with Crippen LogP contribution in [-0.2, 0) is 4.79 Å². The summed E-state index contributed by atoms with van der Waals surface area (Å²) < 4.78 is 6.53. The van der Waals surface area contributed by atoms with Crippen LogP contribution in [0.15, 0.2) is 23.1 Å². The zero-order valence-electron chi connectivity index (χ0n) is 14.9. The molecule has 1 aliphatic rings. The second kappa shape index (κ2) is 7.63. The van der Waals surface area contributed by atoms with Crippen molar-refractivity contribution in [2.24, 2.45) is 5.92 Å². The maximum absolute atomic E-state index is 12.4. The number of hydrogen-bond acceptors (Lipinski definition) is 6. The van der Waals surface area contributed by atoms with Gasteiger partial charge in [0, 0.05) is 17.5 Å². The number of aryl methyl sites for hydroxylation is 2. The summed E-state index contributed by atoms with van der Waals surface area (Å²) in [5.41, 5.74) is 0.977. The quantitative estimate of drug-likeness (QED) is 0.846. The second-order valence-electron chi connectivity index (χ2n) is 6.75. The zero-order chi connectivity index (χ0) is 18.7. The number of aliphatic carboxylic acids is 1. The monoisotopic (exact) mass is 358 g/mol. The maximum atomic E-state index is 12.4. The van der Waals surface area contributed by atoms with Crippen molar-refractivity contribution in [3.63, 3.8) is 0 Å². The Morgan fingerprint density at radius 2 is 1.92 bits per heavy atom. The van der Waals surface area contributed by atoms with E-state index in [1.807, 2.05) is 19.9 Å². The molecule has 8 heteroatoms. The van der Waals surface area contributed by atoms with Crippen molar-refractivity contribution >= 4 is 5.97 Å². The van der Waals surface area contributed by atoms with E-state index in [9.17, 15) is 14.7 Å². The van der Waals surface area contributed by atoms with Gasteiger partial charge in [0.25, 0.3) is 5.56 Å². The van der Waals surface area contributed by atoms with Gasteiger partial charge in [0.05, 0.1) is 6.20 Å². The molecule has 1 N–H and O–H groups in total. The van der Waals surface area contributed by atoms with Crippen molar-refractivity contribution in [2.75, 3.05) is 0 Å². The number of carbonyl (C=O) groups is 1. The van der Waals surface area contributed by atoms with Crippen molar-refractivity contribution < 1.29 is 14.6 Å². The first-order chi connectivity index (χ1) is 12.4. The van der Waals surface area contributed by atoms with Gasteiger partial charge in [-0.3, -0.25) is 4.79 Å². The molecule has 1 aliphatic carbocycles. The van der Waals surface area contributed by atoms with Gasteiger partial charge < -0.3 is 9.84 Å². The molecule has 1 saturated carbocycles. The first-order valence-electron chi connectivity index (χ1n) is 8.74. The molecule has 0 saturated heterocycles. The molecule has 1 atom stereocenters. The normalized spacial score (nSPS) is 15.8. The van der Waals surface area contributed by atoms with Gasteiger partial charge in [-0.25, -0.2) is 19.4 Å². The molecular weight excluding hydrogens is 336 g/mol. The summed E-state index contributed by atoms with van der Waals surface area (Å²) in [5.74, 6) is -0.538. The predicted molar refractivity (Wildman–Crippen MR) is 93.3 cm³/mol. The van der Waals surface area contributed by atoms with E-state index in [0.29, 0.717) is 12.3 Å². The molecule has 0 amide bonds. The summed E-state index contributed by atoms with van der Waals surface area (Å²) in [6.45, 7) is 3.64. The molecule has 2 aromatic rings. The lowest BCUT2D eigenvalue weighted by molar-refractivity contribution is -0.142. The number of aromatic nitrogens is 4. The Kier molecular flexibility index (Phi) is 5.29. The molecule has 2 heterocycles. The fourth-order valence-electron chi connectivity index (χ4n) is 3.40. The first-order valence-corrected chi connectivity index (χ1v) is 8.74. The van der Waals surface area contributed by atoms with Gasteiger partial charge in [-0.05, 0) is 32.3 Å². The number of carboxylic acids is 1. The van der Waals surface area contributed by atoms with E-state index in [-0.39, 0.29) is 11.8 Å². The van der Waals surface area contributed by atoms with Gasteiger partial charge in [-0.2, -0.15) is 5.10 Å². The third-order valence-corrected chi connectivity index (χ3v) is 4.58. The van der Waals surface area contributed by atoms with Gasteiger partial charge in [0.2, 0.25) is 0 Å². The van der Waals surface area contributed by atoms with Gasteiger partial charge in [0.1, 0.15) is 0 Å². The highest BCUT2D eigenvalue weighted by atomic mass is 16.5. The lowest BCUT2D eigenvalue weighted by atomic mass is 9.98. The predicted octanol–water partition coefficient (Wildman–Crippen LogP) is 2.65. The number of ether oxygens (including phenoxy) is 1. The highest BCUT2D eigenvalue weighted by Gasteiger charge is 2.28. The molecule has 138 valence electrons. The Bertz CT molecular complexity index is 838. The van der Waals surface area contributed by atoms with Crippen LogP contribution in [0.3, 0.4) is 0 Å². The van der Waals surface area contributed by atoms with Crippen molar-refractivity contribution in [1.29, 1.82) is 0 Å². The van der Waals surface area contributed by atoms with Crippen molar-refractivity contribution in [3.05, 3.63) is 40.1 Å². The number of hydrogen-bond donors (Lipinski definition) is 1. The molecule has 0 spiro atoms. The van der Waals surface area contributed by atoms with E-state index in [4.69, 9.17) is 4.74 Å². The molecule has 1 fully saturated rings. The lowest BCUT2D eigenvalue weighted by Gasteiger charge is -2.18. The van der Waals surface area contributed by atoms with Crippen LogP contribution in [0.4, 0.5) is 0 Å². The van der Waals surface area contributed by atoms with Gasteiger partial charge in [-0.15, -0.1) is 0 Å². The third kappa shape index (κ3) is 4.25. The van der Waals surface area contributed by atoms with Crippen LogP contribution in [0, 0.1) is 19.8 Å². The van der Waals surface area contributed by atoms with E-state index in [1.165, 1.54) is 12.3 Å². The van der Waals surface area contributed by atoms with Crippen LogP contribution < -0.4 is 10.3 Å². The van der Waals surface area contributed by atoms with Crippen LogP contribution in [0.2, 0.25) is 0 Å². The topological polar surface area (TPSA) is 107 Å².